The summed E-state index contributed by atoms with van der Waals surface area (Å²) in [6.07, 6.45) is 1.90. The first-order chi connectivity index (χ1) is 14.1. The molecule has 0 radical (unpaired) electrons. The van der Waals surface area contributed by atoms with E-state index in [1.165, 1.54) is 0 Å². The number of fused-ring (bicyclic) bond motifs is 1. The molecule has 7 nitrogen and oxygen atoms in total. The summed E-state index contributed by atoms with van der Waals surface area (Å²) in [5.74, 6) is 1.87. The molecule has 0 saturated carbocycles. The zero-order valence-corrected chi connectivity index (χ0v) is 17.0. The highest BCUT2D eigenvalue weighted by Gasteiger charge is 2.33. The van der Waals surface area contributed by atoms with Crippen LogP contribution in [-0.2, 0) is 4.79 Å². The number of hydrogen-bond acceptors (Lipinski definition) is 5. The number of halogens is 1. The van der Waals surface area contributed by atoms with Gasteiger partial charge >= 0.3 is 0 Å². The maximum Gasteiger partial charge on any atom is 0.226 e. The van der Waals surface area contributed by atoms with Crippen molar-refractivity contribution in [2.75, 3.05) is 26.6 Å². The van der Waals surface area contributed by atoms with E-state index in [4.69, 9.17) is 25.8 Å². The largest absolute Gasteiger partial charge is 0.496 e. The molecule has 1 atom stereocenters. The number of imidazole rings is 1. The Morgan fingerprint density at radius 3 is 2.45 bits per heavy atom. The summed E-state index contributed by atoms with van der Waals surface area (Å²) in [5.41, 5.74) is 2.27. The zero-order valence-electron chi connectivity index (χ0n) is 16.2. The number of aromatic nitrogens is 2. The minimum Gasteiger partial charge on any atom is -0.496 e. The number of carbonyl (C=O) groups is 1. The van der Waals surface area contributed by atoms with E-state index < -0.39 is 0 Å². The minimum atomic E-state index is -0.308. The van der Waals surface area contributed by atoms with Gasteiger partial charge in [0.25, 0.3) is 0 Å². The molecule has 150 valence electrons. The fourth-order valence-corrected chi connectivity index (χ4v) is 3.85. The molecule has 0 saturated heterocycles. The van der Waals surface area contributed by atoms with Gasteiger partial charge in [-0.15, -0.1) is 0 Å². The van der Waals surface area contributed by atoms with Gasteiger partial charge in [-0.1, -0.05) is 23.7 Å². The van der Waals surface area contributed by atoms with Crippen molar-refractivity contribution in [3.63, 3.8) is 0 Å². The van der Waals surface area contributed by atoms with Crippen LogP contribution in [0.5, 0.6) is 17.2 Å². The third-order valence-electron chi connectivity index (χ3n) is 5.00. The van der Waals surface area contributed by atoms with Crippen molar-refractivity contribution in [1.29, 1.82) is 0 Å². The van der Waals surface area contributed by atoms with Crippen molar-refractivity contribution in [2.45, 2.75) is 12.3 Å². The summed E-state index contributed by atoms with van der Waals surface area (Å²) < 4.78 is 18.2. The van der Waals surface area contributed by atoms with Crippen LogP contribution >= 0.6 is 11.6 Å². The van der Waals surface area contributed by atoms with E-state index in [9.17, 15) is 4.79 Å². The number of anilines is 1. The lowest BCUT2D eigenvalue weighted by atomic mass is 9.88. The molecule has 29 heavy (non-hydrogen) atoms. The molecule has 1 aromatic heterocycles. The third kappa shape index (κ3) is 3.27. The molecule has 3 aromatic rings. The van der Waals surface area contributed by atoms with Gasteiger partial charge in [-0.3, -0.25) is 9.36 Å². The number of benzene rings is 2. The van der Waals surface area contributed by atoms with Crippen LogP contribution in [0.4, 0.5) is 5.82 Å². The molecular formula is C21H20ClN3O4. The number of rotatable bonds is 5. The molecular weight excluding hydrogens is 394 g/mol. The van der Waals surface area contributed by atoms with E-state index >= 15 is 0 Å². The Morgan fingerprint density at radius 2 is 1.76 bits per heavy atom. The molecule has 4 rings (SSSR count). The molecule has 2 heterocycles. The van der Waals surface area contributed by atoms with E-state index in [1.807, 2.05) is 24.3 Å². The molecule has 0 aliphatic carbocycles. The second kappa shape index (κ2) is 7.67. The first-order valence-electron chi connectivity index (χ1n) is 8.99. The molecule has 0 fully saturated rings. The van der Waals surface area contributed by atoms with Crippen LogP contribution in [0.15, 0.2) is 42.7 Å². The van der Waals surface area contributed by atoms with Gasteiger partial charge in [0.05, 0.1) is 37.7 Å². The van der Waals surface area contributed by atoms with Crippen molar-refractivity contribution < 1.29 is 19.0 Å². The van der Waals surface area contributed by atoms with Crippen molar-refractivity contribution in [3.05, 3.63) is 59.0 Å². The van der Waals surface area contributed by atoms with Crippen LogP contribution in [0.1, 0.15) is 23.6 Å². The summed E-state index contributed by atoms with van der Waals surface area (Å²) in [5, 5.41) is 3.49. The van der Waals surface area contributed by atoms with Crippen LogP contribution in [-0.4, -0.2) is 36.8 Å². The summed E-state index contributed by atoms with van der Waals surface area (Å²) in [6.45, 7) is 0. The summed E-state index contributed by atoms with van der Waals surface area (Å²) >= 11 is 6.36. The van der Waals surface area contributed by atoms with Crippen LogP contribution in [0, 0.1) is 0 Å². The van der Waals surface area contributed by atoms with Gasteiger partial charge < -0.3 is 19.5 Å². The fraction of sp³-hybridized carbons (Fsp3) is 0.238. The Hall–Kier alpha value is -3.19. The standard InChI is InChI=1S/C21H20ClN3O4/c1-27-16-10-18(29-3)17(28-2)8-12(16)13-9-19(26)24-21-20(13)23-11-25(21)15-7-5-4-6-14(15)22/h4-8,10-11,13H,9H2,1-3H3,(H,24,26). The molecule has 1 amide bonds. The third-order valence-corrected chi connectivity index (χ3v) is 5.32. The average molecular weight is 414 g/mol. The van der Waals surface area contributed by atoms with Crippen LogP contribution in [0.25, 0.3) is 5.69 Å². The number of hydrogen-bond donors (Lipinski definition) is 1. The molecule has 0 bridgehead atoms. The fourth-order valence-electron chi connectivity index (χ4n) is 3.62. The van der Waals surface area contributed by atoms with Crippen LogP contribution < -0.4 is 19.5 Å². The highest BCUT2D eigenvalue weighted by molar-refractivity contribution is 6.32. The predicted octanol–water partition coefficient (Wildman–Crippen LogP) is 4.03. The molecule has 1 unspecified atom stereocenters. The molecule has 2 aromatic carbocycles. The number of nitrogens with zero attached hydrogens (tertiary/aromatic N) is 2. The quantitative estimate of drug-likeness (QED) is 0.683. The number of amides is 1. The van der Waals surface area contributed by atoms with Crippen LogP contribution in [0.3, 0.4) is 0 Å². The van der Waals surface area contributed by atoms with E-state index in [0.717, 1.165) is 16.9 Å². The highest BCUT2D eigenvalue weighted by Crippen LogP contribution is 2.45. The van der Waals surface area contributed by atoms with Crippen molar-refractivity contribution in [1.82, 2.24) is 9.55 Å². The molecule has 8 heteroatoms. The average Bonchev–Trinajstić information content (AvgIpc) is 3.15. The second-order valence-corrected chi connectivity index (χ2v) is 6.96. The first kappa shape index (κ1) is 19.1. The maximum absolute atomic E-state index is 12.6. The normalized spacial score (nSPS) is 15.4. The Morgan fingerprint density at radius 1 is 1.07 bits per heavy atom. The SMILES string of the molecule is COc1cc(OC)c(C2CC(=O)Nc3c2ncn3-c2ccccc2Cl)cc1OC. The van der Waals surface area contributed by atoms with Crippen molar-refractivity contribution >= 4 is 23.3 Å². The van der Waals surface area contributed by atoms with Crippen molar-refractivity contribution in [3.8, 4) is 22.9 Å². The van der Waals surface area contributed by atoms with E-state index in [1.54, 1.807) is 44.4 Å². The topological polar surface area (TPSA) is 74.6 Å². The lowest BCUT2D eigenvalue weighted by molar-refractivity contribution is -0.116. The summed E-state index contributed by atoms with van der Waals surface area (Å²) in [7, 11) is 4.71. The first-order valence-corrected chi connectivity index (χ1v) is 9.37. The molecule has 0 spiro atoms. The number of para-hydroxylation sites is 1. The van der Waals surface area contributed by atoms with Gasteiger partial charge in [0.15, 0.2) is 11.5 Å². The van der Waals surface area contributed by atoms with Crippen molar-refractivity contribution in [2.24, 2.45) is 0 Å². The van der Waals surface area contributed by atoms with Gasteiger partial charge in [-0.2, -0.15) is 0 Å². The van der Waals surface area contributed by atoms with Gasteiger partial charge in [0, 0.05) is 24.0 Å². The van der Waals surface area contributed by atoms with Gasteiger partial charge in [0.2, 0.25) is 5.91 Å². The Kier molecular flexibility index (Phi) is 5.07. The lowest BCUT2D eigenvalue weighted by Gasteiger charge is -2.25. The number of nitrogens with one attached hydrogen (secondary N) is 1. The van der Waals surface area contributed by atoms with E-state index in [0.29, 0.717) is 28.1 Å². The van der Waals surface area contributed by atoms with Gasteiger partial charge in [-0.25, -0.2) is 4.98 Å². The summed E-state index contributed by atoms with van der Waals surface area (Å²) in [4.78, 5) is 17.2. The Bertz CT molecular complexity index is 1080. The number of methoxy groups -OCH3 is 3. The molecule has 1 N–H and O–H groups in total. The predicted molar refractivity (Wildman–Crippen MR) is 110 cm³/mol. The second-order valence-electron chi connectivity index (χ2n) is 6.55. The van der Waals surface area contributed by atoms with Gasteiger partial charge in [-0.05, 0) is 18.2 Å². The molecule has 1 aliphatic rings. The van der Waals surface area contributed by atoms with Crippen LogP contribution in [0.2, 0.25) is 5.02 Å². The Balaban J connectivity index is 1.87. The maximum atomic E-state index is 12.6. The van der Waals surface area contributed by atoms with E-state index in [2.05, 4.69) is 10.3 Å². The van der Waals surface area contributed by atoms with Gasteiger partial charge in [0.1, 0.15) is 17.9 Å². The lowest BCUT2D eigenvalue weighted by Crippen LogP contribution is -2.25. The summed E-state index contributed by atoms with van der Waals surface area (Å²) in [6, 6.07) is 11.0. The van der Waals surface area contributed by atoms with E-state index in [-0.39, 0.29) is 18.2 Å². The smallest absolute Gasteiger partial charge is 0.226 e. The zero-order chi connectivity index (χ0) is 20.5. The number of ether oxygens (including phenoxy) is 3. The molecule has 1 aliphatic heterocycles. The minimum absolute atomic E-state index is 0.117. The highest BCUT2D eigenvalue weighted by atomic mass is 35.5. The number of carbonyl (C=O) groups excluding carboxylic acids is 1. The monoisotopic (exact) mass is 413 g/mol. The Labute approximate surface area is 173 Å².